The lowest BCUT2D eigenvalue weighted by atomic mass is 10.2. The van der Waals surface area contributed by atoms with Gasteiger partial charge in [0.1, 0.15) is 10.0 Å². The van der Waals surface area contributed by atoms with E-state index < -0.39 is 10.0 Å². The zero-order chi connectivity index (χ0) is 19.9. The molecule has 0 aliphatic carbocycles. The Bertz CT molecular complexity index is 1090. The summed E-state index contributed by atoms with van der Waals surface area (Å²) >= 11 is 6.83. The summed E-state index contributed by atoms with van der Waals surface area (Å²) in [6.45, 7) is 0.355. The first-order valence-corrected chi connectivity index (χ1v) is 11.5. The summed E-state index contributed by atoms with van der Waals surface area (Å²) in [6, 6.07) is 10.5. The van der Waals surface area contributed by atoms with Gasteiger partial charge in [-0.1, -0.05) is 23.7 Å². The van der Waals surface area contributed by atoms with Crippen LogP contribution in [-0.4, -0.2) is 53.6 Å². The molecule has 10 heteroatoms. The predicted octanol–water partition coefficient (Wildman–Crippen LogP) is 3.26. The van der Waals surface area contributed by atoms with Crippen LogP contribution in [0.3, 0.4) is 0 Å². The fourth-order valence-corrected chi connectivity index (χ4v) is 6.25. The second-order valence-corrected chi connectivity index (χ2v) is 10.7. The first-order chi connectivity index (χ1) is 13.4. The van der Waals surface area contributed by atoms with Crippen LogP contribution in [0.25, 0.3) is 11.0 Å². The molecule has 1 atom stereocenters. The molecular weight excluding hydrogens is 420 g/mol. The van der Waals surface area contributed by atoms with Crippen LogP contribution in [0.2, 0.25) is 4.34 Å². The normalized spacial score (nSPS) is 17.7. The molecule has 1 aliphatic rings. The first kappa shape index (κ1) is 19.4. The van der Waals surface area contributed by atoms with E-state index in [1.165, 1.54) is 19.2 Å². The molecule has 0 saturated carbocycles. The third kappa shape index (κ3) is 3.55. The summed E-state index contributed by atoms with van der Waals surface area (Å²) in [5, 5.41) is 0. The van der Waals surface area contributed by atoms with Crippen molar-refractivity contribution in [2.75, 3.05) is 20.1 Å². The number of H-pyrrole nitrogens is 1. The number of aromatic amines is 1. The average molecular weight is 439 g/mol. The van der Waals surface area contributed by atoms with Crippen LogP contribution in [0.5, 0.6) is 0 Å². The smallest absolute Gasteiger partial charge is 0.252 e. The Labute approximate surface area is 172 Å². The van der Waals surface area contributed by atoms with Gasteiger partial charge in [0.15, 0.2) is 0 Å². The van der Waals surface area contributed by atoms with Crippen molar-refractivity contribution in [1.29, 1.82) is 0 Å². The molecule has 0 bridgehead atoms. The Morgan fingerprint density at radius 3 is 2.86 bits per heavy atom. The lowest BCUT2D eigenvalue weighted by Crippen LogP contribution is -2.40. The molecule has 1 amide bonds. The van der Waals surface area contributed by atoms with Crippen molar-refractivity contribution in [3.8, 4) is 0 Å². The molecule has 7 nitrogen and oxygen atoms in total. The molecule has 1 fully saturated rings. The van der Waals surface area contributed by atoms with Crippen molar-refractivity contribution < 1.29 is 13.2 Å². The molecule has 1 saturated heterocycles. The van der Waals surface area contributed by atoms with Crippen molar-refractivity contribution in [2.24, 2.45) is 0 Å². The molecule has 1 aromatic carbocycles. The van der Waals surface area contributed by atoms with Gasteiger partial charge in [0.05, 0.1) is 28.0 Å². The number of likely N-dealkylation sites (tertiary alicyclic amines) is 1. The van der Waals surface area contributed by atoms with E-state index >= 15 is 0 Å². The zero-order valence-corrected chi connectivity index (χ0v) is 17.5. The van der Waals surface area contributed by atoms with Crippen LogP contribution in [-0.2, 0) is 14.8 Å². The average Bonchev–Trinajstić information content (AvgIpc) is 3.39. The molecule has 1 unspecified atom stereocenters. The number of para-hydroxylation sites is 2. The van der Waals surface area contributed by atoms with Gasteiger partial charge < -0.3 is 9.88 Å². The molecular formula is C18H19ClN4O3S2. The Morgan fingerprint density at radius 1 is 1.36 bits per heavy atom. The van der Waals surface area contributed by atoms with Crippen LogP contribution >= 0.6 is 22.9 Å². The minimum atomic E-state index is -3.75. The second-order valence-electron chi connectivity index (χ2n) is 6.70. The third-order valence-electron chi connectivity index (χ3n) is 4.87. The molecule has 0 radical (unpaired) electrons. The largest absolute Gasteiger partial charge is 0.340 e. The Hall–Kier alpha value is -1.94. The number of hydrogen-bond donors (Lipinski definition) is 1. The number of benzene rings is 1. The van der Waals surface area contributed by atoms with Gasteiger partial charge in [-0.25, -0.2) is 13.4 Å². The quantitative estimate of drug-likeness (QED) is 0.662. The number of rotatable bonds is 5. The monoisotopic (exact) mass is 438 g/mol. The van der Waals surface area contributed by atoms with Gasteiger partial charge in [-0.3, -0.25) is 4.79 Å². The molecule has 0 spiro atoms. The SMILES string of the molecule is CN(CC(=O)N1CCCC1c1nc2ccccc2[nH]1)S(=O)(=O)c1ccc(Cl)s1. The summed E-state index contributed by atoms with van der Waals surface area (Å²) < 4.78 is 26.9. The molecule has 28 heavy (non-hydrogen) atoms. The molecule has 148 valence electrons. The predicted molar refractivity (Wildman–Crippen MR) is 109 cm³/mol. The number of thiophene rings is 1. The number of hydrogen-bond acceptors (Lipinski definition) is 5. The summed E-state index contributed by atoms with van der Waals surface area (Å²) in [7, 11) is -2.34. The molecule has 2 aromatic heterocycles. The van der Waals surface area contributed by atoms with Crippen LogP contribution in [0.15, 0.2) is 40.6 Å². The second kappa shape index (κ2) is 7.47. The molecule has 1 N–H and O–H groups in total. The minimum Gasteiger partial charge on any atom is -0.340 e. The number of fused-ring (bicyclic) bond motifs is 1. The topological polar surface area (TPSA) is 86.4 Å². The van der Waals surface area contributed by atoms with E-state index in [1.807, 2.05) is 24.3 Å². The summed E-state index contributed by atoms with van der Waals surface area (Å²) in [5.41, 5.74) is 1.78. The maximum atomic E-state index is 12.9. The number of aromatic nitrogens is 2. The van der Waals surface area contributed by atoms with E-state index in [9.17, 15) is 13.2 Å². The van der Waals surface area contributed by atoms with E-state index in [-0.39, 0.29) is 22.7 Å². The van der Waals surface area contributed by atoms with Gasteiger partial charge in [-0.05, 0) is 37.1 Å². The minimum absolute atomic E-state index is 0.128. The Kier molecular flexibility index (Phi) is 5.17. The number of nitrogens with zero attached hydrogens (tertiary/aromatic N) is 3. The Balaban J connectivity index is 1.52. The number of imidazole rings is 1. The highest BCUT2D eigenvalue weighted by molar-refractivity contribution is 7.91. The van der Waals surface area contributed by atoms with E-state index in [0.717, 1.165) is 45.3 Å². The zero-order valence-electron chi connectivity index (χ0n) is 15.1. The summed E-state index contributed by atoms with van der Waals surface area (Å²) in [4.78, 5) is 22.5. The lowest BCUT2D eigenvalue weighted by Gasteiger charge is -2.25. The van der Waals surface area contributed by atoms with Gasteiger partial charge in [-0.15, -0.1) is 11.3 Å². The van der Waals surface area contributed by atoms with Crippen molar-refractivity contribution in [3.05, 3.63) is 46.6 Å². The fourth-order valence-electron chi connectivity index (χ4n) is 3.44. The molecule has 3 aromatic rings. The van der Waals surface area contributed by atoms with Crippen LogP contribution in [0.1, 0.15) is 24.7 Å². The van der Waals surface area contributed by atoms with Crippen LogP contribution in [0.4, 0.5) is 0 Å². The van der Waals surface area contributed by atoms with Gasteiger partial charge in [0.2, 0.25) is 5.91 Å². The number of likely N-dealkylation sites (N-methyl/N-ethyl adjacent to an activating group) is 1. The number of halogens is 1. The van der Waals surface area contributed by atoms with Gasteiger partial charge in [0, 0.05) is 13.6 Å². The molecule has 3 heterocycles. The van der Waals surface area contributed by atoms with Crippen molar-refractivity contribution >= 4 is 49.9 Å². The number of carbonyl (C=O) groups is 1. The van der Waals surface area contributed by atoms with E-state index in [2.05, 4.69) is 9.97 Å². The maximum absolute atomic E-state index is 12.9. The summed E-state index contributed by atoms with van der Waals surface area (Å²) in [6.07, 6.45) is 1.65. The van der Waals surface area contributed by atoms with Gasteiger partial charge in [0.25, 0.3) is 10.0 Å². The van der Waals surface area contributed by atoms with Crippen LogP contribution < -0.4 is 0 Å². The first-order valence-electron chi connectivity index (χ1n) is 8.82. The molecule has 1 aliphatic heterocycles. The van der Waals surface area contributed by atoms with Crippen molar-refractivity contribution in [2.45, 2.75) is 23.1 Å². The number of nitrogens with one attached hydrogen (secondary N) is 1. The van der Waals surface area contributed by atoms with E-state index in [4.69, 9.17) is 11.6 Å². The Morgan fingerprint density at radius 2 is 2.14 bits per heavy atom. The number of carbonyl (C=O) groups excluding carboxylic acids is 1. The lowest BCUT2D eigenvalue weighted by molar-refractivity contribution is -0.132. The highest BCUT2D eigenvalue weighted by Gasteiger charge is 2.34. The third-order valence-corrected chi connectivity index (χ3v) is 8.37. The number of amides is 1. The van der Waals surface area contributed by atoms with Gasteiger partial charge in [-0.2, -0.15) is 4.31 Å². The highest BCUT2D eigenvalue weighted by Crippen LogP contribution is 2.32. The highest BCUT2D eigenvalue weighted by atomic mass is 35.5. The summed E-state index contributed by atoms with van der Waals surface area (Å²) in [5.74, 6) is 0.499. The maximum Gasteiger partial charge on any atom is 0.252 e. The van der Waals surface area contributed by atoms with E-state index in [0.29, 0.717) is 10.9 Å². The fraction of sp³-hybridized carbons (Fsp3) is 0.333. The van der Waals surface area contributed by atoms with Gasteiger partial charge >= 0.3 is 0 Å². The van der Waals surface area contributed by atoms with E-state index in [1.54, 1.807) is 4.90 Å². The standard InChI is InChI=1S/C18H19ClN4O3S2/c1-22(28(25,26)17-9-8-15(19)27-17)11-16(24)23-10-4-7-14(23)18-20-12-5-2-3-6-13(12)21-18/h2-3,5-6,8-9,14H,4,7,10-11H2,1H3,(H,20,21). The number of sulfonamides is 1. The van der Waals surface area contributed by atoms with Crippen molar-refractivity contribution in [1.82, 2.24) is 19.2 Å². The molecule has 4 rings (SSSR count). The van der Waals surface area contributed by atoms with Crippen molar-refractivity contribution in [3.63, 3.8) is 0 Å². The van der Waals surface area contributed by atoms with Crippen LogP contribution in [0, 0.1) is 0 Å².